The average Bonchev–Trinajstić information content (AvgIpc) is 2.70. The van der Waals surface area contributed by atoms with Crippen LogP contribution in [0.25, 0.3) is 0 Å². The lowest BCUT2D eigenvalue weighted by Gasteiger charge is -2.27. The maximum Gasteiger partial charge on any atom is 0.123 e. The summed E-state index contributed by atoms with van der Waals surface area (Å²) >= 11 is 0. The highest BCUT2D eigenvalue weighted by Crippen LogP contribution is 2.27. The van der Waals surface area contributed by atoms with Crippen LogP contribution in [0.2, 0.25) is 0 Å². The van der Waals surface area contributed by atoms with Crippen LogP contribution < -0.4 is 4.74 Å². The molecule has 0 spiro atoms. The molecule has 1 aromatic carbocycles. The molecule has 0 saturated heterocycles. The number of phenolic OH excluding ortho intramolecular Hbond substituents is 1. The van der Waals surface area contributed by atoms with Crippen molar-refractivity contribution in [2.45, 2.75) is 51.1 Å². The third-order valence-electron chi connectivity index (χ3n) is 4.16. The van der Waals surface area contributed by atoms with Crippen molar-refractivity contribution in [2.75, 3.05) is 14.2 Å². The summed E-state index contributed by atoms with van der Waals surface area (Å²) < 4.78 is 5.11. The van der Waals surface area contributed by atoms with Gasteiger partial charge in [-0.25, -0.2) is 0 Å². The summed E-state index contributed by atoms with van der Waals surface area (Å²) in [5.74, 6) is 1.04. The Kier molecular flexibility index (Phi) is 5.08. The van der Waals surface area contributed by atoms with Crippen molar-refractivity contribution in [3.8, 4) is 11.5 Å². The van der Waals surface area contributed by atoms with E-state index in [0.717, 1.165) is 12.1 Å². The van der Waals surface area contributed by atoms with E-state index in [1.54, 1.807) is 13.2 Å². The lowest BCUT2D eigenvalue weighted by atomic mass is 10.1. The van der Waals surface area contributed by atoms with Gasteiger partial charge in [-0.1, -0.05) is 31.7 Å². The van der Waals surface area contributed by atoms with Crippen molar-refractivity contribution in [1.29, 1.82) is 0 Å². The van der Waals surface area contributed by atoms with E-state index in [2.05, 4.69) is 11.9 Å². The molecule has 19 heavy (non-hydrogen) atoms. The molecule has 1 aromatic rings. The number of rotatable bonds is 4. The Morgan fingerprint density at radius 2 is 1.89 bits per heavy atom. The van der Waals surface area contributed by atoms with E-state index in [9.17, 15) is 5.11 Å². The summed E-state index contributed by atoms with van der Waals surface area (Å²) in [5, 5.41) is 10.0. The van der Waals surface area contributed by atoms with Gasteiger partial charge in [-0.15, -0.1) is 0 Å². The molecule has 2 rings (SSSR count). The zero-order chi connectivity index (χ0) is 13.7. The van der Waals surface area contributed by atoms with E-state index >= 15 is 0 Å². The van der Waals surface area contributed by atoms with E-state index < -0.39 is 0 Å². The number of hydrogen-bond acceptors (Lipinski definition) is 3. The molecule has 106 valence electrons. The van der Waals surface area contributed by atoms with Crippen molar-refractivity contribution in [3.63, 3.8) is 0 Å². The second-order valence-electron chi connectivity index (χ2n) is 5.56. The molecule has 1 saturated carbocycles. The third kappa shape index (κ3) is 3.87. The first-order valence-corrected chi connectivity index (χ1v) is 7.27. The Hall–Kier alpha value is -1.22. The summed E-state index contributed by atoms with van der Waals surface area (Å²) in [6.45, 7) is 0.806. The van der Waals surface area contributed by atoms with Crippen molar-refractivity contribution in [3.05, 3.63) is 23.8 Å². The lowest BCUT2D eigenvalue weighted by Crippen LogP contribution is -2.30. The number of aromatic hydroxyl groups is 1. The maximum atomic E-state index is 10.0. The molecule has 0 radical (unpaired) electrons. The van der Waals surface area contributed by atoms with Crippen LogP contribution in [0.4, 0.5) is 0 Å². The van der Waals surface area contributed by atoms with Crippen LogP contribution in [0.5, 0.6) is 11.5 Å². The van der Waals surface area contributed by atoms with Crippen molar-refractivity contribution in [2.24, 2.45) is 0 Å². The monoisotopic (exact) mass is 263 g/mol. The SMILES string of the molecule is COc1ccc(CN(C)C2CCCCCC2)c(O)c1. The second-order valence-corrected chi connectivity index (χ2v) is 5.56. The first-order valence-electron chi connectivity index (χ1n) is 7.27. The van der Waals surface area contributed by atoms with Gasteiger partial charge in [0.2, 0.25) is 0 Å². The second kappa shape index (κ2) is 6.80. The number of nitrogens with zero attached hydrogens (tertiary/aromatic N) is 1. The molecule has 0 atom stereocenters. The van der Waals surface area contributed by atoms with E-state index in [1.165, 1.54) is 38.5 Å². The largest absolute Gasteiger partial charge is 0.507 e. The van der Waals surface area contributed by atoms with Gasteiger partial charge in [0.05, 0.1) is 7.11 Å². The molecule has 1 aliphatic carbocycles. The number of phenols is 1. The topological polar surface area (TPSA) is 32.7 Å². The van der Waals surface area contributed by atoms with E-state index in [1.807, 2.05) is 12.1 Å². The van der Waals surface area contributed by atoms with Gasteiger partial charge < -0.3 is 9.84 Å². The van der Waals surface area contributed by atoms with E-state index in [4.69, 9.17) is 4.74 Å². The minimum atomic E-state index is 0.333. The highest BCUT2D eigenvalue weighted by atomic mass is 16.5. The normalized spacial score (nSPS) is 17.4. The molecular weight excluding hydrogens is 238 g/mol. The molecule has 0 aromatic heterocycles. The van der Waals surface area contributed by atoms with Gasteiger partial charge in [0.1, 0.15) is 11.5 Å². The molecule has 1 aliphatic rings. The standard InChI is InChI=1S/C16H25NO2/c1-17(14-7-5-3-4-6-8-14)12-13-9-10-15(19-2)11-16(13)18/h9-11,14,18H,3-8,12H2,1-2H3. The van der Waals surface area contributed by atoms with Crippen LogP contribution in [-0.4, -0.2) is 30.2 Å². The van der Waals surface area contributed by atoms with E-state index in [0.29, 0.717) is 17.5 Å². The first kappa shape index (κ1) is 14.2. The summed E-state index contributed by atoms with van der Waals surface area (Å²) in [4.78, 5) is 2.38. The molecule has 0 heterocycles. The van der Waals surface area contributed by atoms with Crippen LogP contribution in [0.15, 0.2) is 18.2 Å². The van der Waals surface area contributed by atoms with Gasteiger partial charge in [0, 0.05) is 24.2 Å². The van der Waals surface area contributed by atoms with Crippen LogP contribution in [-0.2, 0) is 6.54 Å². The molecule has 0 aliphatic heterocycles. The summed E-state index contributed by atoms with van der Waals surface area (Å²) in [6.07, 6.45) is 7.99. The van der Waals surface area contributed by atoms with Gasteiger partial charge in [-0.05, 0) is 26.0 Å². The Morgan fingerprint density at radius 1 is 1.21 bits per heavy atom. The molecule has 0 unspecified atom stereocenters. The minimum Gasteiger partial charge on any atom is -0.507 e. The summed E-state index contributed by atoms with van der Waals surface area (Å²) in [7, 11) is 3.78. The van der Waals surface area contributed by atoms with Gasteiger partial charge in [-0.2, -0.15) is 0 Å². The van der Waals surface area contributed by atoms with Gasteiger partial charge in [0.25, 0.3) is 0 Å². The third-order valence-corrected chi connectivity index (χ3v) is 4.16. The maximum absolute atomic E-state index is 10.0. The summed E-state index contributed by atoms with van der Waals surface area (Å²) in [6, 6.07) is 6.22. The molecule has 0 amide bonds. The predicted molar refractivity (Wildman–Crippen MR) is 77.6 cm³/mol. The van der Waals surface area contributed by atoms with E-state index in [-0.39, 0.29) is 0 Å². The van der Waals surface area contributed by atoms with Crippen LogP contribution >= 0.6 is 0 Å². The highest BCUT2D eigenvalue weighted by molar-refractivity contribution is 5.39. The van der Waals surface area contributed by atoms with Gasteiger partial charge in [0.15, 0.2) is 0 Å². The number of hydrogen-bond donors (Lipinski definition) is 1. The fourth-order valence-corrected chi connectivity index (χ4v) is 2.90. The average molecular weight is 263 g/mol. The molecule has 3 nitrogen and oxygen atoms in total. The smallest absolute Gasteiger partial charge is 0.123 e. The zero-order valence-electron chi connectivity index (χ0n) is 12.1. The van der Waals surface area contributed by atoms with Crippen molar-refractivity contribution < 1.29 is 9.84 Å². The molecule has 1 N–H and O–H groups in total. The Labute approximate surface area is 116 Å². The number of methoxy groups -OCH3 is 1. The summed E-state index contributed by atoms with van der Waals surface area (Å²) in [5.41, 5.74) is 0.979. The number of benzene rings is 1. The fraction of sp³-hybridized carbons (Fsp3) is 0.625. The Balaban J connectivity index is 1.99. The Bertz CT molecular complexity index is 398. The molecule has 3 heteroatoms. The quantitative estimate of drug-likeness (QED) is 0.843. The molecular formula is C16H25NO2. The van der Waals surface area contributed by atoms with Crippen molar-refractivity contribution in [1.82, 2.24) is 4.90 Å². The Morgan fingerprint density at radius 3 is 2.47 bits per heavy atom. The van der Waals surface area contributed by atoms with Gasteiger partial charge >= 0.3 is 0 Å². The first-order chi connectivity index (χ1) is 9.20. The van der Waals surface area contributed by atoms with Gasteiger partial charge in [-0.3, -0.25) is 4.90 Å². The molecule has 1 fully saturated rings. The van der Waals surface area contributed by atoms with Crippen LogP contribution in [0.3, 0.4) is 0 Å². The highest BCUT2D eigenvalue weighted by Gasteiger charge is 2.18. The number of ether oxygens (including phenoxy) is 1. The molecule has 0 bridgehead atoms. The van der Waals surface area contributed by atoms with Crippen LogP contribution in [0, 0.1) is 0 Å². The fourth-order valence-electron chi connectivity index (χ4n) is 2.90. The van der Waals surface area contributed by atoms with Crippen LogP contribution in [0.1, 0.15) is 44.1 Å². The lowest BCUT2D eigenvalue weighted by molar-refractivity contribution is 0.211. The van der Waals surface area contributed by atoms with Crippen molar-refractivity contribution >= 4 is 0 Å². The minimum absolute atomic E-state index is 0.333. The predicted octanol–water partition coefficient (Wildman–Crippen LogP) is 3.56. The zero-order valence-corrected chi connectivity index (χ0v) is 12.1.